The number of rotatable bonds is 10. The molecule has 21 heavy (non-hydrogen) atoms. The Morgan fingerprint density at radius 2 is 1.71 bits per heavy atom. The van der Waals surface area contributed by atoms with Gasteiger partial charge in [0, 0.05) is 6.54 Å². The molecule has 1 nitrogen and oxygen atoms in total. The summed E-state index contributed by atoms with van der Waals surface area (Å²) in [5, 5.41) is 0. The van der Waals surface area contributed by atoms with Gasteiger partial charge in [-0.25, -0.2) is 0 Å². The summed E-state index contributed by atoms with van der Waals surface area (Å²) in [6.45, 7) is 10.7. The number of hydrogen-bond donors (Lipinski definition) is 0. The molecule has 0 atom stereocenters. The van der Waals surface area contributed by atoms with E-state index < -0.39 is 0 Å². The van der Waals surface area contributed by atoms with Crippen molar-refractivity contribution in [3.63, 3.8) is 0 Å². The zero-order chi connectivity index (χ0) is 15.3. The third-order valence-electron chi connectivity index (χ3n) is 4.57. The molecule has 0 unspecified atom stereocenters. The monoisotopic (exact) mass is 291 g/mol. The second kappa shape index (κ2) is 12.0. The Labute approximate surface area is 133 Å². The van der Waals surface area contributed by atoms with Crippen molar-refractivity contribution >= 4 is 0 Å². The molecule has 122 valence electrons. The number of nitrogens with zero attached hydrogens (tertiary/aromatic N) is 1. The van der Waals surface area contributed by atoms with Crippen LogP contribution in [0.4, 0.5) is 0 Å². The molecule has 1 saturated heterocycles. The van der Waals surface area contributed by atoms with Crippen LogP contribution in [0.15, 0.2) is 23.3 Å². The molecule has 0 amide bonds. The molecular weight excluding hydrogens is 254 g/mol. The molecular formula is C20H37N. The van der Waals surface area contributed by atoms with Gasteiger partial charge in [-0.15, -0.1) is 0 Å². The summed E-state index contributed by atoms with van der Waals surface area (Å²) in [6.07, 6.45) is 18.3. The van der Waals surface area contributed by atoms with Crippen LogP contribution in [-0.2, 0) is 0 Å². The molecule has 0 aromatic carbocycles. The predicted molar refractivity (Wildman–Crippen MR) is 95.8 cm³/mol. The van der Waals surface area contributed by atoms with E-state index in [-0.39, 0.29) is 0 Å². The topological polar surface area (TPSA) is 3.24 Å². The summed E-state index contributed by atoms with van der Waals surface area (Å²) in [5.74, 6) is 0. The van der Waals surface area contributed by atoms with E-state index >= 15 is 0 Å². The zero-order valence-electron chi connectivity index (χ0n) is 14.8. The summed E-state index contributed by atoms with van der Waals surface area (Å²) in [6, 6.07) is 0. The second-order valence-corrected chi connectivity index (χ2v) is 6.64. The van der Waals surface area contributed by atoms with Crippen LogP contribution >= 0.6 is 0 Å². The van der Waals surface area contributed by atoms with E-state index in [1.807, 2.05) is 0 Å². The minimum absolute atomic E-state index is 1.20. The van der Waals surface area contributed by atoms with Gasteiger partial charge in [0.1, 0.15) is 0 Å². The van der Waals surface area contributed by atoms with Gasteiger partial charge < -0.3 is 0 Å². The number of allylic oxidation sites excluding steroid dienone is 3. The molecule has 0 aromatic heterocycles. The third kappa shape index (κ3) is 9.14. The molecule has 0 bridgehead atoms. The first-order valence-corrected chi connectivity index (χ1v) is 9.32. The van der Waals surface area contributed by atoms with Crippen LogP contribution in [0, 0.1) is 0 Å². The van der Waals surface area contributed by atoms with Crippen molar-refractivity contribution in [2.24, 2.45) is 0 Å². The fourth-order valence-corrected chi connectivity index (χ4v) is 3.16. The van der Waals surface area contributed by atoms with E-state index in [1.54, 1.807) is 11.1 Å². The van der Waals surface area contributed by atoms with Gasteiger partial charge in [-0.2, -0.15) is 0 Å². The van der Waals surface area contributed by atoms with Crippen molar-refractivity contribution in [1.29, 1.82) is 0 Å². The summed E-state index contributed by atoms with van der Waals surface area (Å²) in [4.78, 5) is 2.62. The van der Waals surface area contributed by atoms with Crippen molar-refractivity contribution in [2.75, 3.05) is 19.6 Å². The Morgan fingerprint density at radius 1 is 0.952 bits per heavy atom. The lowest BCUT2D eigenvalue weighted by molar-refractivity contribution is 0.246. The largest absolute Gasteiger partial charge is 0.299 e. The van der Waals surface area contributed by atoms with Crippen LogP contribution in [0.2, 0.25) is 0 Å². The lowest BCUT2D eigenvalue weighted by Crippen LogP contribution is -2.31. The molecule has 0 saturated carbocycles. The molecule has 1 heterocycles. The lowest BCUT2D eigenvalue weighted by atomic mass is 10.0. The molecule has 1 fully saturated rings. The van der Waals surface area contributed by atoms with Gasteiger partial charge in [0.05, 0.1) is 0 Å². The standard InChI is InChI=1S/C20H37N/c1-4-6-7-9-14-20(5-2)15-12-13-19(3)18-21-16-10-8-11-17-21/h13-14H,4-12,15-18H2,1-3H3/b19-13+,20-14-. The quantitative estimate of drug-likeness (QED) is 0.346. The normalized spacial score (nSPS) is 18.2. The van der Waals surface area contributed by atoms with Gasteiger partial charge >= 0.3 is 0 Å². The molecule has 1 aliphatic rings. The molecule has 1 heteroatoms. The summed E-state index contributed by atoms with van der Waals surface area (Å²) < 4.78 is 0. The molecule has 1 aliphatic heterocycles. The average Bonchev–Trinajstić information content (AvgIpc) is 2.50. The molecule has 0 radical (unpaired) electrons. The fourth-order valence-electron chi connectivity index (χ4n) is 3.16. The summed E-state index contributed by atoms with van der Waals surface area (Å²) in [5.41, 5.74) is 3.23. The van der Waals surface area contributed by atoms with E-state index in [4.69, 9.17) is 0 Å². The van der Waals surface area contributed by atoms with Crippen molar-refractivity contribution in [1.82, 2.24) is 4.90 Å². The lowest BCUT2D eigenvalue weighted by Gasteiger charge is -2.26. The molecule has 0 aromatic rings. The Morgan fingerprint density at radius 3 is 2.38 bits per heavy atom. The van der Waals surface area contributed by atoms with Crippen molar-refractivity contribution in [3.8, 4) is 0 Å². The maximum absolute atomic E-state index is 2.62. The van der Waals surface area contributed by atoms with Gasteiger partial charge in [0.15, 0.2) is 0 Å². The number of piperidine rings is 1. The van der Waals surface area contributed by atoms with E-state index in [0.29, 0.717) is 0 Å². The average molecular weight is 292 g/mol. The number of hydrogen-bond acceptors (Lipinski definition) is 1. The predicted octanol–water partition coefficient (Wildman–Crippen LogP) is 6.12. The number of likely N-dealkylation sites (tertiary alicyclic amines) is 1. The highest BCUT2D eigenvalue weighted by Crippen LogP contribution is 2.15. The highest BCUT2D eigenvalue weighted by Gasteiger charge is 2.09. The minimum atomic E-state index is 1.20. The molecule has 0 spiro atoms. The highest BCUT2D eigenvalue weighted by atomic mass is 15.1. The van der Waals surface area contributed by atoms with E-state index in [1.165, 1.54) is 83.8 Å². The highest BCUT2D eigenvalue weighted by molar-refractivity contribution is 5.06. The maximum atomic E-state index is 2.62. The van der Waals surface area contributed by atoms with Gasteiger partial charge in [-0.05, 0) is 65.0 Å². The van der Waals surface area contributed by atoms with Gasteiger partial charge in [-0.1, -0.05) is 56.4 Å². The van der Waals surface area contributed by atoms with Crippen molar-refractivity contribution in [2.45, 2.75) is 85.0 Å². The van der Waals surface area contributed by atoms with Crippen molar-refractivity contribution in [3.05, 3.63) is 23.3 Å². The Balaban J connectivity index is 2.22. The van der Waals surface area contributed by atoms with Gasteiger partial charge in [0.2, 0.25) is 0 Å². The number of unbranched alkanes of at least 4 members (excludes halogenated alkanes) is 3. The van der Waals surface area contributed by atoms with Crippen LogP contribution in [0.5, 0.6) is 0 Å². The zero-order valence-corrected chi connectivity index (χ0v) is 14.8. The first-order chi connectivity index (χ1) is 10.3. The molecule has 1 rings (SSSR count). The second-order valence-electron chi connectivity index (χ2n) is 6.64. The summed E-state index contributed by atoms with van der Waals surface area (Å²) >= 11 is 0. The summed E-state index contributed by atoms with van der Waals surface area (Å²) in [7, 11) is 0. The van der Waals surface area contributed by atoms with Gasteiger partial charge in [0.25, 0.3) is 0 Å². The van der Waals surface area contributed by atoms with Crippen LogP contribution in [0.25, 0.3) is 0 Å². The first kappa shape index (κ1) is 18.5. The first-order valence-electron chi connectivity index (χ1n) is 9.32. The van der Waals surface area contributed by atoms with Crippen LogP contribution in [-0.4, -0.2) is 24.5 Å². The van der Waals surface area contributed by atoms with E-state index in [2.05, 4.69) is 37.8 Å². The van der Waals surface area contributed by atoms with Crippen LogP contribution in [0.1, 0.15) is 85.0 Å². The third-order valence-corrected chi connectivity index (χ3v) is 4.57. The Bertz CT molecular complexity index is 308. The fraction of sp³-hybridized carbons (Fsp3) is 0.800. The molecule has 0 N–H and O–H groups in total. The van der Waals surface area contributed by atoms with E-state index in [0.717, 1.165) is 0 Å². The van der Waals surface area contributed by atoms with Crippen molar-refractivity contribution < 1.29 is 0 Å². The SMILES string of the molecule is CCCCC/C=C(/CC)CC/C=C(\C)CN1CCCCC1. The Kier molecular flexibility index (Phi) is 10.6. The van der Waals surface area contributed by atoms with Crippen LogP contribution in [0.3, 0.4) is 0 Å². The van der Waals surface area contributed by atoms with E-state index in [9.17, 15) is 0 Å². The smallest absolute Gasteiger partial charge is 0.0190 e. The molecule has 0 aliphatic carbocycles. The Hall–Kier alpha value is -0.560. The maximum Gasteiger partial charge on any atom is 0.0190 e. The van der Waals surface area contributed by atoms with Gasteiger partial charge in [-0.3, -0.25) is 4.90 Å². The van der Waals surface area contributed by atoms with Crippen LogP contribution < -0.4 is 0 Å². The minimum Gasteiger partial charge on any atom is -0.299 e.